The van der Waals surface area contributed by atoms with E-state index in [1.165, 1.54) is 18.5 Å². The van der Waals surface area contributed by atoms with Crippen LogP contribution < -0.4 is 5.32 Å². The highest BCUT2D eigenvalue weighted by Gasteiger charge is 2.40. The standard InChI is InChI=1S/C17H11F3N2O2/c18-17(19,20)15-13(16(23)22-12-7-4-8-21-10-12)9-14(24-15)11-5-2-1-3-6-11/h1-10H,(H,22,23). The Kier molecular flexibility index (Phi) is 4.07. The van der Waals surface area contributed by atoms with E-state index in [1.54, 1.807) is 36.4 Å². The fraction of sp³-hybridized carbons (Fsp3) is 0.0588. The second kappa shape index (κ2) is 6.19. The Labute approximate surface area is 134 Å². The van der Waals surface area contributed by atoms with Gasteiger partial charge in [-0.05, 0) is 18.2 Å². The summed E-state index contributed by atoms with van der Waals surface area (Å²) in [7, 11) is 0. The number of rotatable bonds is 3. The predicted octanol–water partition coefficient (Wildman–Crippen LogP) is 4.61. The van der Waals surface area contributed by atoms with Crippen molar-refractivity contribution in [3.8, 4) is 11.3 Å². The van der Waals surface area contributed by atoms with Gasteiger partial charge in [-0.2, -0.15) is 13.2 Å². The molecule has 0 aliphatic carbocycles. The predicted molar refractivity (Wildman–Crippen MR) is 81.3 cm³/mol. The molecule has 0 saturated carbocycles. The summed E-state index contributed by atoms with van der Waals surface area (Å²) >= 11 is 0. The summed E-state index contributed by atoms with van der Waals surface area (Å²) in [5.41, 5.74) is 0.159. The molecule has 0 bridgehead atoms. The number of nitrogens with one attached hydrogen (secondary N) is 1. The SMILES string of the molecule is O=C(Nc1cccnc1)c1cc(-c2ccccc2)oc1C(F)(F)F. The Bertz CT molecular complexity index is 843. The number of benzene rings is 1. The minimum Gasteiger partial charge on any atom is -0.451 e. The number of pyridine rings is 1. The van der Waals surface area contributed by atoms with Gasteiger partial charge in [0.05, 0.1) is 17.4 Å². The Balaban J connectivity index is 1.99. The van der Waals surface area contributed by atoms with Gasteiger partial charge in [0, 0.05) is 11.8 Å². The lowest BCUT2D eigenvalue weighted by atomic mass is 10.1. The van der Waals surface area contributed by atoms with E-state index in [9.17, 15) is 18.0 Å². The van der Waals surface area contributed by atoms with Crippen LogP contribution in [0.4, 0.5) is 18.9 Å². The first-order valence-corrected chi connectivity index (χ1v) is 6.93. The van der Waals surface area contributed by atoms with Crippen LogP contribution in [0.15, 0.2) is 65.3 Å². The van der Waals surface area contributed by atoms with Crippen molar-refractivity contribution in [3.63, 3.8) is 0 Å². The van der Waals surface area contributed by atoms with Gasteiger partial charge in [0.25, 0.3) is 5.91 Å². The van der Waals surface area contributed by atoms with Crippen molar-refractivity contribution < 1.29 is 22.4 Å². The molecule has 24 heavy (non-hydrogen) atoms. The molecule has 3 rings (SSSR count). The third-order valence-electron chi connectivity index (χ3n) is 3.21. The second-order valence-corrected chi connectivity index (χ2v) is 4.91. The molecule has 0 saturated heterocycles. The molecule has 4 nitrogen and oxygen atoms in total. The number of aromatic nitrogens is 1. The Morgan fingerprint density at radius 3 is 2.46 bits per heavy atom. The molecule has 1 amide bonds. The van der Waals surface area contributed by atoms with Crippen molar-refractivity contribution in [2.75, 3.05) is 5.32 Å². The van der Waals surface area contributed by atoms with Gasteiger partial charge in [-0.15, -0.1) is 0 Å². The molecule has 0 aliphatic rings. The molecule has 1 aromatic carbocycles. The van der Waals surface area contributed by atoms with E-state index in [0.717, 1.165) is 6.07 Å². The van der Waals surface area contributed by atoms with Crippen LogP contribution in [-0.2, 0) is 6.18 Å². The molecule has 0 radical (unpaired) electrons. The van der Waals surface area contributed by atoms with Gasteiger partial charge in [0.15, 0.2) is 0 Å². The summed E-state index contributed by atoms with van der Waals surface area (Å²) in [6.45, 7) is 0. The van der Waals surface area contributed by atoms with Gasteiger partial charge in [-0.3, -0.25) is 9.78 Å². The summed E-state index contributed by atoms with van der Waals surface area (Å²) in [5, 5.41) is 2.37. The summed E-state index contributed by atoms with van der Waals surface area (Å²) in [6.07, 6.45) is -1.96. The van der Waals surface area contributed by atoms with Crippen LogP contribution in [0.3, 0.4) is 0 Å². The third kappa shape index (κ3) is 3.29. The Hall–Kier alpha value is -3.09. The van der Waals surface area contributed by atoms with Crippen molar-refractivity contribution in [1.29, 1.82) is 0 Å². The number of hydrogen-bond donors (Lipinski definition) is 1. The molecule has 1 N–H and O–H groups in total. The molecule has 2 heterocycles. The molecule has 122 valence electrons. The topological polar surface area (TPSA) is 55.1 Å². The van der Waals surface area contributed by atoms with Crippen LogP contribution in [0, 0.1) is 0 Å². The fourth-order valence-corrected chi connectivity index (χ4v) is 2.15. The summed E-state index contributed by atoms with van der Waals surface area (Å²) in [4.78, 5) is 16.0. The first kappa shape index (κ1) is 15.8. The average molecular weight is 332 g/mol. The van der Waals surface area contributed by atoms with E-state index in [0.29, 0.717) is 5.56 Å². The lowest BCUT2D eigenvalue weighted by Gasteiger charge is -2.07. The summed E-state index contributed by atoms with van der Waals surface area (Å²) in [5.74, 6) is -2.27. The third-order valence-corrected chi connectivity index (χ3v) is 3.21. The lowest BCUT2D eigenvalue weighted by Crippen LogP contribution is -2.16. The number of halogens is 3. The second-order valence-electron chi connectivity index (χ2n) is 4.91. The number of carbonyl (C=O) groups excluding carboxylic acids is 1. The number of carbonyl (C=O) groups is 1. The van der Waals surface area contributed by atoms with Crippen molar-refractivity contribution in [3.05, 3.63) is 72.2 Å². The molecule has 3 aromatic rings. The molecule has 7 heteroatoms. The maximum absolute atomic E-state index is 13.2. The lowest BCUT2D eigenvalue weighted by molar-refractivity contribution is -0.153. The number of nitrogens with zero attached hydrogens (tertiary/aromatic N) is 1. The minimum atomic E-state index is -4.78. The molecule has 2 aromatic heterocycles. The van der Waals surface area contributed by atoms with Crippen LogP contribution >= 0.6 is 0 Å². The smallest absolute Gasteiger partial charge is 0.450 e. The largest absolute Gasteiger partial charge is 0.451 e. The van der Waals surface area contributed by atoms with Gasteiger partial charge in [-0.1, -0.05) is 30.3 Å². The fourth-order valence-electron chi connectivity index (χ4n) is 2.15. The quantitative estimate of drug-likeness (QED) is 0.762. The zero-order valence-corrected chi connectivity index (χ0v) is 12.2. The van der Waals surface area contributed by atoms with Gasteiger partial charge in [-0.25, -0.2) is 0 Å². The number of hydrogen-bond acceptors (Lipinski definition) is 3. The first-order chi connectivity index (χ1) is 11.4. The van der Waals surface area contributed by atoms with Gasteiger partial charge < -0.3 is 9.73 Å². The zero-order chi connectivity index (χ0) is 17.2. The van der Waals surface area contributed by atoms with E-state index in [1.807, 2.05) is 0 Å². The highest BCUT2D eigenvalue weighted by Crippen LogP contribution is 2.37. The van der Waals surface area contributed by atoms with Gasteiger partial charge in [0.2, 0.25) is 5.76 Å². The number of anilines is 1. The van der Waals surface area contributed by atoms with E-state index < -0.39 is 23.4 Å². The minimum absolute atomic E-state index is 0.0285. The summed E-state index contributed by atoms with van der Waals surface area (Å²) in [6, 6.07) is 12.4. The number of amides is 1. The van der Waals surface area contributed by atoms with Crippen molar-refractivity contribution in [2.45, 2.75) is 6.18 Å². The van der Waals surface area contributed by atoms with Crippen LogP contribution in [-0.4, -0.2) is 10.9 Å². The number of alkyl halides is 3. The van der Waals surface area contributed by atoms with E-state index in [4.69, 9.17) is 4.42 Å². The molecule has 0 aliphatic heterocycles. The van der Waals surface area contributed by atoms with E-state index in [2.05, 4.69) is 10.3 Å². The molecule has 0 unspecified atom stereocenters. The van der Waals surface area contributed by atoms with Crippen molar-refractivity contribution >= 4 is 11.6 Å². The van der Waals surface area contributed by atoms with Crippen molar-refractivity contribution in [2.24, 2.45) is 0 Å². The number of furan rings is 1. The zero-order valence-electron chi connectivity index (χ0n) is 12.2. The Morgan fingerprint density at radius 2 is 1.83 bits per heavy atom. The van der Waals surface area contributed by atoms with Gasteiger partial charge >= 0.3 is 6.18 Å². The Morgan fingerprint density at radius 1 is 1.08 bits per heavy atom. The van der Waals surface area contributed by atoms with Crippen LogP contribution in [0.2, 0.25) is 0 Å². The molecule has 0 atom stereocenters. The van der Waals surface area contributed by atoms with Crippen LogP contribution in [0.25, 0.3) is 11.3 Å². The van der Waals surface area contributed by atoms with Crippen molar-refractivity contribution in [1.82, 2.24) is 4.98 Å². The van der Waals surface area contributed by atoms with E-state index >= 15 is 0 Å². The summed E-state index contributed by atoms with van der Waals surface area (Å²) < 4.78 is 44.5. The van der Waals surface area contributed by atoms with Crippen LogP contribution in [0.1, 0.15) is 16.1 Å². The van der Waals surface area contributed by atoms with Gasteiger partial charge in [0.1, 0.15) is 5.76 Å². The molecular formula is C17H11F3N2O2. The highest BCUT2D eigenvalue weighted by molar-refractivity contribution is 6.05. The maximum atomic E-state index is 13.2. The normalized spacial score (nSPS) is 11.3. The maximum Gasteiger partial charge on any atom is 0.450 e. The molecule has 0 spiro atoms. The molecule has 0 fully saturated rings. The monoisotopic (exact) mass is 332 g/mol. The molecular weight excluding hydrogens is 321 g/mol. The average Bonchev–Trinajstić information content (AvgIpc) is 3.02. The van der Waals surface area contributed by atoms with E-state index in [-0.39, 0.29) is 11.4 Å². The first-order valence-electron chi connectivity index (χ1n) is 6.93. The van der Waals surface area contributed by atoms with Crippen LogP contribution in [0.5, 0.6) is 0 Å². The highest BCUT2D eigenvalue weighted by atomic mass is 19.4.